The highest BCUT2D eigenvalue weighted by atomic mass is 32.2. The first-order valence-electron chi connectivity index (χ1n) is 10.5. The van der Waals surface area contributed by atoms with E-state index in [9.17, 15) is 9.59 Å². The molecule has 8 heteroatoms. The van der Waals surface area contributed by atoms with Gasteiger partial charge in [-0.2, -0.15) is 0 Å². The number of esters is 1. The van der Waals surface area contributed by atoms with Crippen molar-refractivity contribution in [1.82, 2.24) is 4.90 Å². The number of methoxy groups -OCH3 is 1. The van der Waals surface area contributed by atoms with Crippen molar-refractivity contribution in [2.75, 3.05) is 65.3 Å². The topological polar surface area (TPSA) is 64.7 Å². The molecular weight excluding hydrogens is 390 g/mol. The van der Waals surface area contributed by atoms with E-state index in [-0.39, 0.29) is 17.1 Å². The van der Waals surface area contributed by atoms with Crippen LogP contribution in [0.2, 0.25) is 0 Å². The van der Waals surface area contributed by atoms with Crippen LogP contribution in [0.25, 0.3) is 0 Å². The van der Waals surface area contributed by atoms with Crippen LogP contribution in [0.1, 0.15) is 11.1 Å². The number of hydrogen-bond acceptors (Lipinski definition) is 5. The molecule has 2 fully saturated rings. The van der Waals surface area contributed by atoms with Gasteiger partial charge in [0.1, 0.15) is 43.7 Å². The second-order valence-corrected chi connectivity index (χ2v) is 9.43. The summed E-state index contributed by atoms with van der Waals surface area (Å²) < 4.78 is 10.4. The molecule has 0 unspecified atom stereocenters. The summed E-state index contributed by atoms with van der Waals surface area (Å²) in [6.45, 7) is 7.76. The lowest BCUT2D eigenvalue weighted by Crippen LogP contribution is -3.28. The van der Waals surface area contributed by atoms with Crippen LogP contribution in [0.15, 0.2) is 18.2 Å². The molecule has 0 aliphatic carbocycles. The summed E-state index contributed by atoms with van der Waals surface area (Å²) in [6, 6.07) is 6.59. The molecule has 3 aliphatic heterocycles. The van der Waals surface area contributed by atoms with E-state index in [0.717, 1.165) is 63.8 Å². The third kappa shape index (κ3) is 5.05. The maximum absolute atomic E-state index is 12.7. The Hall–Kier alpha value is -1.77. The van der Waals surface area contributed by atoms with Gasteiger partial charge in [-0.1, -0.05) is 0 Å². The van der Waals surface area contributed by atoms with E-state index in [1.54, 1.807) is 16.7 Å². The number of piperazine rings is 1. The number of nitrogens with zero attached hydrogens (tertiary/aromatic N) is 1. The van der Waals surface area contributed by atoms with Gasteiger partial charge < -0.3 is 24.2 Å². The Bertz CT molecular complexity index is 751. The van der Waals surface area contributed by atoms with Gasteiger partial charge in [0.2, 0.25) is 0 Å². The number of nitrogens with one attached hydrogen (secondary N) is 2. The van der Waals surface area contributed by atoms with Crippen LogP contribution in [-0.4, -0.2) is 87.3 Å². The predicted molar refractivity (Wildman–Crippen MR) is 110 cm³/mol. The maximum atomic E-state index is 12.7. The van der Waals surface area contributed by atoms with Crippen molar-refractivity contribution in [3.63, 3.8) is 0 Å². The first-order valence-corrected chi connectivity index (χ1v) is 11.6. The highest BCUT2D eigenvalue weighted by molar-refractivity contribution is 8.00. The molecule has 29 heavy (non-hydrogen) atoms. The highest BCUT2D eigenvalue weighted by Gasteiger charge is 2.32. The number of amides is 1. The van der Waals surface area contributed by atoms with Crippen LogP contribution in [-0.2, 0) is 27.3 Å². The minimum atomic E-state index is -0.244. The van der Waals surface area contributed by atoms with Gasteiger partial charge in [0.25, 0.3) is 5.91 Å². The molecule has 1 aromatic carbocycles. The Morgan fingerprint density at radius 1 is 1.24 bits per heavy atom. The average molecular weight is 422 g/mol. The lowest BCUT2D eigenvalue weighted by Gasteiger charge is -2.33. The smallest absolute Gasteiger partial charge is 0.320 e. The lowest BCUT2D eigenvalue weighted by atomic mass is 10.1. The molecule has 1 aromatic rings. The Morgan fingerprint density at radius 3 is 2.83 bits per heavy atom. The number of ether oxygens (including phenoxy) is 2. The van der Waals surface area contributed by atoms with Gasteiger partial charge >= 0.3 is 5.97 Å². The molecule has 1 atom stereocenters. The van der Waals surface area contributed by atoms with Crippen molar-refractivity contribution in [3.8, 4) is 5.75 Å². The lowest BCUT2D eigenvalue weighted by molar-refractivity contribution is -1.02. The van der Waals surface area contributed by atoms with E-state index < -0.39 is 0 Å². The molecule has 0 bridgehead atoms. The highest BCUT2D eigenvalue weighted by Crippen LogP contribution is 2.25. The first kappa shape index (κ1) is 20.5. The molecule has 2 N–H and O–H groups in total. The molecule has 2 saturated heterocycles. The molecule has 7 nitrogen and oxygen atoms in total. The Kier molecular flexibility index (Phi) is 6.62. The number of quaternary nitrogens is 2. The summed E-state index contributed by atoms with van der Waals surface area (Å²) in [7, 11) is 1.41. The van der Waals surface area contributed by atoms with Gasteiger partial charge in [0, 0.05) is 30.8 Å². The zero-order valence-electron chi connectivity index (χ0n) is 17.1. The van der Waals surface area contributed by atoms with E-state index in [4.69, 9.17) is 9.47 Å². The molecule has 0 spiro atoms. The molecule has 4 rings (SSSR count). The predicted octanol–water partition coefficient (Wildman–Crippen LogP) is -1.98. The monoisotopic (exact) mass is 421 g/mol. The van der Waals surface area contributed by atoms with E-state index in [2.05, 4.69) is 18.2 Å². The van der Waals surface area contributed by atoms with Crippen molar-refractivity contribution < 1.29 is 28.9 Å². The van der Waals surface area contributed by atoms with Crippen LogP contribution in [0.4, 0.5) is 0 Å². The van der Waals surface area contributed by atoms with Crippen LogP contribution in [0.3, 0.4) is 0 Å². The van der Waals surface area contributed by atoms with E-state index in [1.165, 1.54) is 23.1 Å². The van der Waals surface area contributed by atoms with Crippen molar-refractivity contribution in [2.45, 2.75) is 18.2 Å². The van der Waals surface area contributed by atoms with Gasteiger partial charge in [-0.15, -0.1) is 11.8 Å². The largest absolute Gasteiger partial charge is 0.493 e. The molecule has 3 aliphatic rings. The Labute approximate surface area is 176 Å². The third-order valence-electron chi connectivity index (χ3n) is 6.16. The minimum absolute atomic E-state index is 0.163. The van der Waals surface area contributed by atoms with Crippen LogP contribution in [0, 0.1) is 0 Å². The molecule has 0 radical (unpaired) electrons. The zero-order valence-corrected chi connectivity index (χ0v) is 17.9. The number of benzene rings is 1. The molecular formula is C21H31N3O4S+2. The number of thioether (sulfide) groups is 1. The van der Waals surface area contributed by atoms with Crippen molar-refractivity contribution in [1.29, 1.82) is 0 Å². The fourth-order valence-corrected chi connectivity index (χ4v) is 5.55. The van der Waals surface area contributed by atoms with Gasteiger partial charge in [-0.05, 0) is 23.8 Å². The maximum Gasteiger partial charge on any atom is 0.320 e. The van der Waals surface area contributed by atoms with Gasteiger partial charge in [-0.25, -0.2) is 0 Å². The summed E-state index contributed by atoms with van der Waals surface area (Å²) in [5.41, 5.74) is 2.71. The number of fused-ring (bicyclic) bond motifs is 1. The van der Waals surface area contributed by atoms with Gasteiger partial charge in [0.15, 0.2) is 6.54 Å². The van der Waals surface area contributed by atoms with Crippen molar-refractivity contribution in [2.24, 2.45) is 0 Å². The second-order valence-electron chi connectivity index (χ2n) is 8.12. The second kappa shape index (κ2) is 9.36. The van der Waals surface area contributed by atoms with Gasteiger partial charge in [0.05, 0.1) is 13.7 Å². The number of rotatable bonds is 5. The summed E-state index contributed by atoms with van der Waals surface area (Å²) in [5.74, 6) is 1.78. The molecule has 0 aromatic heterocycles. The quantitative estimate of drug-likeness (QED) is 0.540. The molecule has 3 heterocycles. The number of carbonyl (C=O) groups excluding carboxylic acids is 2. The molecule has 1 amide bonds. The summed E-state index contributed by atoms with van der Waals surface area (Å²) in [5, 5.41) is -0.244. The fourth-order valence-electron chi connectivity index (χ4n) is 4.42. The van der Waals surface area contributed by atoms with Crippen LogP contribution in [0.5, 0.6) is 5.75 Å². The first-order chi connectivity index (χ1) is 14.1. The summed E-state index contributed by atoms with van der Waals surface area (Å²) >= 11 is 1.59. The molecule has 158 valence electrons. The van der Waals surface area contributed by atoms with Gasteiger partial charge in [-0.3, -0.25) is 9.59 Å². The number of carbonyl (C=O) groups is 2. The van der Waals surface area contributed by atoms with E-state index >= 15 is 0 Å². The normalized spacial score (nSPS) is 26.5. The Morgan fingerprint density at radius 2 is 2.03 bits per heavy atom. The fraction of sp³-hybridized carbons (Fsp3) is 0.619. The zero-order chi connectivity index (χ0) is 20.2. The van der Waals surface area contributed by atoms with Crippen LogP contribution >= 0.6 is 11.8 Å². The molecule has 0 saturated carbocycles. The van der Waals surface area contributed by atoms with Crippen molar-refractivity contribution in [3.05, 3.63) is 29.3 Å². The third-order valence-corrected chi connectivity index (χ3v) is 7.32. The van der Waals surface area contributed by atoms with E-state index in [0.29, 0.717) is 13.1 Å². The SMILES string of the molecule is COC(=O)[C@H]1CN(C(=O)C[NH+]2CC[NH+](Cc3ccc4c(c3)CCO4)CC2)CCS1. The van der Waals surface area contributed by atoms with Crippen LogP contribution < -0.4 is 14.5 Å². The average Bonchev–Trinajstić information content (AvgIpc) is 3.22. The van der Waals surface area contributed by atoms with E-state index in [1.807, 2.05) is 4.90 Å². The Balaban J connectivity index is 1.22. The summed E-state index contributed by atoms with van der Waals surface area (Å²) in [4.78, 5) is 29.3. The minimum Gasteiger partial charge on any atom is -0.493 e. The van der Waals surface area contributed by atoms with Crippen molar-refractivity contribution >= 4 is 23.6 Å². The standard InChI is InChI=1S/C21H29N3O4S/c1-27-21(26)19-14-24(9-11-29-19)20(25)15-23-7-5-22(6-8-23)13-16-2-3-18-17(12-16)4-10-28-18/h2-3,12,19H,4-11,13-15H2,1H3/p+2/t19-/m1/s1. The summed E-state index contributed by atoms with van der Waals surface area (Å²) in [6.07, 6.45) is 1.02. The number of hydrogen-bond donors (Lipinski definition) is 2.